The normalized spacial score (nSPS) is 10.7. The van der Waals surface area contributed by atoms with Crippen molar-refractivity contribution in [3.63, 3.8) is 0 Å². The number of hydrogen-bond acceptors (Lipinski definition) is 7. The van der Waals surface area contributed by atoms with Gasteiger partial charge in [0.15, 0.2) is 0 Å². The number of aromatic nitrogens is 5. The molecule has 0 aromatic carbocycles. The van der Waals surface area contributed by atoms with Gasteiger partial charge in [0.25, 0.3) is 5.91 Å². The number of nitrogens with zero attached hydrogens (tertiary/aromatic N) is 5. The fourth-order valence-electron chi connectivity index (χ4n) is 2.46. The number of thiophene rings is 1. The Bertz CT molecular complexity index is 871. The van der Waals surface area contributed by atoms with Crippen molar-refractivity contribution in [2.45, 2.75) is 27.2 Å². The van der Waals surface area contributed by atoms with Crippen LogP contribution in [0.2, 0.25) is 0 Å². The lowest BCUT2D eigenvalue weighted by Gasteiger charge is -2.08. The van der Waals surface area contributed by atoms with Gasteiger partial charge >= 0.3 is 0 Å². The van der Waals surface area contributed by atoms with Gasteiger partial charge in [-0.3, -0.25) is 4.79 Å². The molecule has 0 saturated carbocycles. The fourth-order valence-corrected chi connectivity index (χ4v) is 3.53. The topological polar surface area (TPSA) is 97.6 Å². The first-order chi connectivity index (χ1) is 12.6. The number of rotatable bonds is 7. The maximum atomic E-state index is 12.6. The van der Waals surface area contributed by atoms with E-state index in [1.807, 2.05) is 39.1 Å². The van der Waals surface area contributed by atoms with Gasteiger partial charge in [-0.05, 0) is 54.8 Å². The van der Waals surface area contributed by atoms with Crippen molar-refractivity contribution in [3.05, 3.63) is 46.2 Å². The van der Waals surface area contributed by atoms with Crippen LogP contribution in [-0.2, 0) is 0 Å². The van der Waals surface area contributed by atoms with E-state index in [2.05, 4.69) is 31.1 Å². The number of pyridine rings is 1. The van der Waals surface area contributed by atoms with Gasteiger partial charge in [0.2, 0.25) is 0 Å². The number of carbonyl (C=O) groups is 1. The second-order valence-corrected chi connectivity index (χ2v) is 7.18. The van der Waals surface area contributed by atoms with E-state index in [4.69, 9.17) is 0 Å². The van der Waals surface area contributed by atoms with Gasteiger partial charge in [0.05, 0.1) is 5.56 Å². The van der Waals surface area contributed by atoms with Gasteiger partial charge in [-0.2, -0.15) is 4.68 Å². The summed E-state index contributed by atoms with van der Waals surface area (Å²) >= 11 is 1.51. The average Bonchev–Trinajstić information content (AvgIpc) is 3.25. The van der Waals surface area contributed by atoms with Crippen molar-refractivity contribution in [1.29, 1.82) is 0 Å². The van der Waals surface area contributed by atoms with Crippen molar-refractivity contribution >= 4 is 23.1 Å². The van der Waals surface area contributed by atoms with Crippen LogP contribution < -0.4 is 10.6 Å². The molecular weight excluding hydrogens is 350 g/mol. The first-order valence-corrected chi connectivity index (χ1v) is 9.16. The Morgan fingerprint density at radius 2 is 2.08 bits per heavy atom. The maximum absolute atomic E-state index is 12.6. The highest BCUT2D eigenvalue weighted by Crippen LogP contribution is 2.29. The Morgan fingerprint density at radius 1 is 1.23 bits per heavy atom. The van der Waals surface area contributed by atoms with Gasteiger partial charge in [-0.1, -0.05) is 6.07 Å². The molecule has 2 N–H and O–H groups in total. The van der Waals surface area contributed by atoms with Crippen LogP contribution in [0.25, 0.3) is 5.00 Å². The first kappa shape index (κ1) is 18.0. The number of amides is 1. The van der Waals surface area contributed by atoms with E-state index in [1.165, 1.54) is 22.3 Å². The van der Waals surface area contributed by atoms with E-state index >= 15 is 0 Å². The van der Waals surface area contributed by atoms with E-state index in [1.54, 1.807) is 0 Å². The molecule has 26 heavy (non-hydrogen) atoms. The molecule has 0 spiro atoms. The molecular formula is C17H21N7OS. The molecule has 136 valence electrons. The third kappa shape index (κ3) is 4.05. The molecule has 0 radical (unpaired) electrons. The van der Waals surface area contributed by atoms with Gasteiger partial charge in [0, 0.05) is 24.2 Å². The van der Waals surface area contributed by atoms with Crippen LogP contribution in [0.1, 0.15) is 32.8 Å². The van der Waals surface area contributed by atoms with Crippen LogP contribution in [-0.4, -0.2) is 44.2 Å². The summed E-state index contributed by atoms with van der Waals surface area (Å²) in [5.41, 5.74) is 2.72. The largest absolute Gasteiger partial charge is 0.370 e. The van der Waals surface area contributed by atoms with Gasteiger partial charge < -0.3 is 10.6 Å². The van der Waals surface area contributed by atoms with Crippen molar-refractivity contribution < 1.29 is 4.79 Å². The van der Waals surface area contributed by atoms with Crippen LogP contribution in [0.5, 0.6) is 0 Å². The number of hydrogen-bond donors (Lipinski definition) is 2. The molecule has 8 nitrogen and oxygen atoms in total. The molecule has 0 saturated heterocycles. The molecule has 0 fully saturated rings. The summed E-state index contributed by atoms with van der Waals surface area (Å²) < 4.78 is 1.53. The third-order valence-corrected chi connectivity index (χ3v) is 5.20. The summed E-state index contributed by atoms with van der Waals surface area (Å²) in [6, 6.07) is 3.96. The highest BCUT2D eigenvalue weighted by atomic mass is 32.1. The Hall–Kier alpha value is -2.81. The van der Waals surface area contributed by atoms with Crippen molar-refractivity contribution in [2.24, 2.45) is 0 Å². The second kappa shape index (κ2) is 8.05. The Labute approximate surface area is 155 Å². The predicted octanol–water partition coefficient (Wildman–Crippen LogP) is 2.28. The average molecular weight is 371 g/mol. The molecule has 0 aliphatic rings. The lowest BCUT2D eigenvalue weighted by Crippen LogP contribution is -2.27. The zero-order valence-corrected chi connectivity index (χ0v) is 15.8. The molecule has 3 aromatic rings. The smallest absolute Gasteiger partial charge is 0.254 e. The third-order valence-electron chi connectivity index (χ3n) is 4.01. The van der Waals surface area contributed by atoms with Crippen molar-refractivity contribution in [2.75, 3.05) is 18.4 Å². The van der Waals surface area contributed by atoms with Gasteiger partial charge in [-0.15, -0.1) is 16.4 Å². The summed E-state index contributed by atoms with van der Waals surface area (Å²) in [7, 11) is 0. The quantitative estimate of drug-likeness (QED) is 0.619. The number of aryl methyl sites for hydroxylation is 2. The molecule has 0 aliphatic heterocycles. The van der Waals surface area contributed by atoms with Crippen LogP contribution in [0.3, 0.4) is 0 Å². The van der Waals surface area contributed by atoms with E-state index in [9.17, 15) is 4.79 Å². The highest BCUT2D eigenvalue weighted by molar-refractivity contribution is 7.15. The fraction of sp³-hybridized carbons (Fsp3) is 0.353. The standard InChI is InChI=1S/C17H21N7OS/c1-11-5-6-14(20-9-11)18-7-4-8-19-16(25)15-12(2)13(3)26-17(15)24-10-21-22-23-24/h5-6,9-10H,4,7-8H2,1-3H3,(H,18,20)(H,19,25). The molecule has 9 heteroatoms. The summed E-state index contributed by atoms with van der Waals surface area (Å²) in [5.74, 6) is 0.734. The molecule has 0 atom stereocenters. The van der Waals surface area contributed by atoms with Crippen LogP contribution in [0.4, 0.5) is 5.82 Å². The molecule has 3 aromatic heterocycles. The summed E-state index contributed by atoms with van der Waals surface area (Å²) in [5, 5.41) is 18.2. The Kier molecular flexibility index (Phi) is 5.57. The van der Waals surface area contributed by atoms with Gasteiger partial charge in [-0.25, -0.2) is 4.98 Å². The molecule has 0 bridgehead atoms. The summed E-state index contributed by atoms with van der Waals surface area (Å²) in [6.07, 6.45) is 4.12. The Balaban J connectivity index is 1.55. The van der Waals surface area contributed by atoms with E-state index < -0.39 is 0 Å². The molecule has 0 unspecified atom stereocenters. The minimum Gasteiger partial charge on any atom is -0.370 e. The van der Waals surface area contributed by atoms with Crippen molar-refractivity contribution in [3.8, 4) is 5.00 Å². The molecule has 0 aliphatic carbocycles. The zero-order valence-electron chi connectivity index (χ0n) is 15.0. The van der Waals surface area contributed by atoms with Crippen LogP contribution >= 0.6 is 11.3 Å². The lowest BCUT2D eigenvalue weighted by atomic mass is 10.1. The second-order valence-electron chi connectivity index (χ2n) is 5.97. The summed E-state index contributed by atoms with van der Waals surface area (Å²) in [6.45, 7) is 7.24. The maximum Gasteiger partial charge on any atom is 0.254 e. The minimum atomic E-state index is -0.106. The zero-order chi connectivity index (χ0) is 18.5. The van der Waals surface area contributed by atoms with E-state index in [-0.39, 0.29) is 5.91 Å². The SMILES string of the molecule is Cc1ccc(NCCCNC(=O)c2c(-n3cnnn3)sc(C)c2C)nc1. The highest BCUT2D eigenvalue weighted by Gasteiger charge is 2.21. The number of anilines is 1. The summed E-state index contributed by atoms with van der Waals surface area (Å²) in [4.78, 5) is 18.0. The van der Waals surface area contributed by atoms with E-state index in [0.29, 0.717) is 12.1 Å². The predicted molar refractivity (Wildman–Crippen MR) is 101 cm³/mol. The van der Waals surface area contributed by atoms with Crippen LogP contribution in [0, 0.1) is 20.8 Å². The molecule has 1 amide bonds. The number of tetrazole rings is 1. The lowest BCUT2D eigenvalue weighted by molar-refractivity contribution is 0.0953. The van der Waals surface area contributed by atoms with Crippen LogP contribution in [0.15, 0.2) is 24.7 Å². The minimum absolute atomic E-state index is 0.106. The van der Waals surface area contributed by atoms with E-state index in [0.717, 1.165) is 39.8 Å². The van der Waals surface area contributed by atoms with Crippen molar-refractivity contribution in [1.82, 2.24) is 30.5 Å². The molecule has 3 rings (SSSR count). The monoisotopic (exact) mass is 371 g/mol. The number of nitrogens with one attached hydrogen (secondary N) is 2. The Morgan fingerprint density at radius 3 is 2.77 bits per heavy atom. The number of carbonyl (C=O) groups excluding carboxylic acids is 1. The first-order valence-electron chi connectivity index (χ1n) is 8.34. The van der Waals surface area contributed by atoms with Gasteiger partial charge in [0.1, 0.15) is 17.1 Å². The molecule has 3 heterocycles.